The van der Waals surface area contributed by atoms with Crippen LogP contribution >= 0.6 is 23.2 Å². The standard InChI is InChI=1S/C37H36Cl2FN3O7/c1-48-32-9-6-22(15-33(32)49-2)27(17-29-30(38)18-43(47)19-31(29)39)28-16-25(7-8-26(28)36(44)45)41-35(23-4-3-5-24(40)14-23)37(46)50-34-20-42-12-10-21(34)11-13-42/h3-9,14-16,18-19,21,27,34-35,41H,10-13,17,20H2,1-2H3,(H,44,45)/t27?,34-,35?/m0/s1. The second-order valence-electron chi connectivity index (χ2n) is 12.5. The molecule has 3 fully saturated rings. The van der Waals surface area contributed by atoms with Crippen molar-refractivity contribution < 1.29 is 38.0 Å². The number of rotatable bonds is 12. The number of methoxy groups -OCH3 is 2. The number of ether oxygens (including phenoxy) is 3. The van der Waals surface area contributed by atoms with Gasteiger partial charge < -0.3 is 29.8 Å². The van der Waals surface area contributed by atoms with E-state index in [0.717, 1.165) is 25.9 Å². The minimum Gasteiger partial charge on any atom is -0.619 e. The van der Waals surface area contributed by atoms with Crippen molar-refractivity contribution in [3.05, 3.63) is 122 Å². The number of anilines is 1. The molecular formula is C37H36Cl2FN3O7. The Labute approximate surface area is 298 Å². The molecule has 262 valence electrons. The fourth-order valence-electron chi connectivity index (χ4n) is 6.93. The number of carboxylic acid groups (broad SMARTS) is 1. The maximum absolute atomic E-state index is 14.5. The van der Waals surface area contributed by atoms with E-state index in [-0.39, 0.29) is 34.1 Å². The van der Waals surface area contributed by atoms with Crippen LogP contribution in [0.2, 0.25) is 10.0 Å². The SMILES string of the molecule is COc1ccc(C(Cc2c(Cl)c[n+]([O-])cc2Cl)c2cc(NC(C(=O)O[C@H]3CN4CCC3CC4)c3cccc(F)c3)ccc2C(=O)O)cc1OC. The number of halogens is 3. The number of benzene rings is 3. The van der Waals surface area contributed by atoms with Gasteiger partial charge in [-0.05, 0) is 97.4 Å². The van der Waals surface area contributed by atoms with Gasteiger partial charge in [0.2, 0.25) is 0 Å². The minimum absolute atomic E-state index is 0.0189. The Bertz CT molecular complexity index is 1880. The number of nitrogens with zero attached hydrogens (tertiary/aromatic N) is 2. The van der Waals surface area contributed by atoms with Gasteiger partial charge in [0, 0.05) is 23.7 Å². The molecule has 0 amide bonds. The van der Waals surface area contributed by atoms with Gasteiger partial charge in [-0.25, -0.2) is 14.0 Å². The summed E-state index contributed by atoms with van der Waals surface area (Å²) in [6.07, 6.45) is 4.04. The predicted octanol–water partition coefficient (Wildman–Crippen LogP) is 6.65. The molecule has 1 aromatic heterocycles. The van der Waals surface area contributed by atoms with Crippen molar-refractivity contribution in [2.24, 2.45) is 5.92 Å². The van der Waals surface area contributed by atoms with Crippen LogP contribution in [0.15, 0.2) is 73.1 Å². The lowest BCUT2D eigenvalue weighted by Gasteiger charge is -2.44. The number of nitrogens with one attached hydrogen (secondary N) is 1. The summed E-state index contributed by atoms with van der Waals surface area (Å²) in [5.41, 5.74) is 2.13. The van der Waals surface area contributed by atoms with Crippen LogP contribution in [0.25, 0.3) is 0 Å². The Hall–Kier alpha value is -4.58. The van der Waals surface area contributed by atoms with E-state index in [1.54, 1.807) is 36.4 Å². The Morgan fingerprint density at radius 2 is 1.72 bits per heavy atom. The van der Waals surface area contributed by atoms with Gasteiger partial charge >= 0.3 is 11.9 Å². The van der Waals surface area contributed by atoms with Crippen LogP contribution in [-0.2, 0) is 16.0 Å². The van der Waals surface area contributed by atoms with Crippen LogP contribution in [-0.4, -0.2) is 61.9 Å². The molecule has 0 saturated carbocycles. The summed E-state index contributed by atoms with van der Waals surface area (Å²) in [5.74, 6) is -1.85. The van der Waals surface area contributed by atoms with Gasteiger partial charge in [-0.1, -0.05) is 41.4 Å². The fourth-order valence-corrected chi connectivity index (χ4v) is 7.53. The predicted molar refractivity (Wildman–Crippen MR) is 186 cm³/mol. The first-order valence-corrected chi connectivity index (χ1v) is 16.9. The van der Waals surface area contributed by atoms with Crippen LogP contribution in [0.1, 0.15) is 57.4 Å². The number of fused-ring (bicyclic) bond motifs is 3. The first-order chi connectivity index (χ1) is 24.0. The van der Waals surface area contributed by atoms with Crippen molar-refractivity contribution >= 4 is 40.8 Å². The number of carbonyl (C=O) groups is 2. The molecule has 2 N–H and O–H groups in total. The number of hydrogen-bond acceptors (Lipinski definition) is 8. The molecule has 10 nitrogen and oxygen atoms in total. The zero-order valence-corrected chi connectivity index (χ0v) is 28.9. The Kier molecular flexibility index (Phi) is 10.7. The van der Waals surface area contributed by atoms with Gasteiger partial charge in [-0.3, -0.25) is 4.90 Å². The topological polar surface area (TPSA) is 124 Å². The average Bonchev–Trinajstić information content (AvgIpc) is 3.10. The van der Waals surface area contributed by atoms with Crippen molar-refractivity contribution in [1.82, 2.24) is 4.90 Å². The molecule has 2 bridgehead atoms. The third-order valence-corrected chi connectivity index (χ3v) is 10.2. The smallest absolute Gasteiger partial charge is 0.335 e. The van der Waals surface area contributed by atoms with E-state index in [2.05, 4.69) is 10.2 Å². The summed E-state index contributed by atoms with van der Waals surface area (Å²) in [4.78, 5) is 28.9. The summed E-state index contributed by atoms with van der Waals surface area (Å²) in [7, 11) is 2.99. The summed E-state index contributed by atoms with van der Waals surface area (Å²) < 4.78 is 32.1. The lowest BCUT2D eigenvalue weighted by molar-refractivity contribution is -0.605. The van der Waals surface area contributed by atoms with Crippen molar-refractivity contribution in [2.75, 3.05) is 39.2 Å². The molecule has 0 spiro atoms. The molecule has 50 heavy (non-hydrogen) atoms. The van der Waals surface area contributed by atoms with Crippen LogP contribution < -0.4 is 19.5 Å². The monoisotopic (exact) mass is 723 g/mol. The van der Waals surface area contributed by atoms with Crippen LogP contribution in [0.4, 0.5) is 10.1 Å². The van der Waals surface area contributed by atoms with E-state index in [0.29, 0.717) is 50.7 Å². The number of piperidine rings is 3. The highest BCUT2D eigenvalue weighted by Crippen LogP contribution is 2.40. The number of esters is 1. The molecule has 7 rings (SSSR count). The van der Waals surface area contributed by atoms with Crippen molar-refractivity contribution in [2.45, 2.75) is 37.3 Å². The van der Waals surface area contributed by atoms with Gasteiger partial charge in [0.15, 0.2) is 29.9 Å². The van der Waals surface area contributed by atoms with Gasteiger partial charge in [0.1, 0.15) is 22.0 Å². The quantitative estimate of drug-likeness (QED) is 0.0940. The van der Waals surface area contributed by atoms with Gasteiger partial charge in [-0.15, -0.1) is 0 Å². The highest BCUT2D eigenvalue weighted by molar-refractivity contribution is 6.35. The van der Waals surface area contributed by atoms with Gasteiger partial charge in [0.25, 0.3) is 0 Å². The molecule has 4 heterocycles. The molecule has 2 unspecified atom stereocenters. The Balaban J connectivity index is 1.43. The zero-order chi connectivity index (χ0) is 35.5. The lowest BCUT2D eigenvalue weighted by Crippen LogP contribution is -2.52. The number of aromatic nitrogens is 1. The first kappa shape index (κ1) is 35.3. The van der Waals surface area contributed by atoms with E-state index in [4.69, 9.17) is 37.4 Å². The zero-order valence-electron chi connectivity index (χ0n) is 27.4. The number of pyridine rings is 1. The molecule has 3 aliphatic heterocycles. The minimum atomic E-state index is -1.19. The molecule has 3 aliphatic rings. The summed E-state index contributed by atoms with van der Waals surface area (Å²) in [5, 5.41) is 25.9. The molecule has 0 radical (unpaired) electrons. The van der Waals surface area contributed by atoms with Crippen molar-refractivity contribution in [3.63, 3.8) is 0 Å². The van der Waals surface area contributed by atoms with Gasteiger partial charge in [0.05, 0.1) is 19.8 Å². The molecule has 4 aromatic rings. The first-order valence-electron chi connectivity index (χ1n) is 16.1. The van der Waals surface area contributed by atoms with Crippen LogP contribution in [0.3, 0.4) is 0 Å². The normalized spacial score (nSPS) is 19.3. The summed E-state index contributed by atoms with van der Waals surface area (Å²) in [6, 6.07) is 14.5. The van der Waals surface area contributed by atoms with Crippen LogP contribution in [0, 0.1) is 16.9 Å². The Morgan fingerprint density at radius 1 is 1.00 bits per heavy atom. The van der Waals surface area contributed by atoms with E-state index in [1.807, 2.05) is 0 Å². The van der Waals surface area contributed by atoms with E-state index in [1.165, 1.54) is 50.9 Å². The second kappa shape index (κ2) is 15.1. The second-order valence-corrected chi connectivity index (χ2v) is 13.3. The highest BCUT2D eigenvalue weighted by Gasteiger charge is 2.38. The average molecular weight is 725 g/mol. The largest absolute Gasteiger partial charge is 0.619 e. The van der Waals surface area contributed by atoms with E-state index in [9.17, 15) is 24.3 Å². The van der Waals surface area contributed by atoms with Gasteiger partial charge in [-0.2, -0.15) is 4.73 Å². The molecule has 0 aliphatic carbocycles. The molecular weight excluding hydrogens is 688 g/mol. The molecule has 3 saturated heterocycles. The molecule has 3 atom stereocenters. The van der Waals surface area contributed by atoms with Crippen LogP contribution in [0.5, 0.6) is 11.5 Å². The number of carboxylic acids is 1. The lowest BCUT2D eigenvalue weighted by atomic mass is 9.83. The maximum atomic E-state index is 14.5. The number of hydrogen-bond donors (Lipinski definition) is 2. The fraction of sp³-hybridized carbons (Fsp3) is 0.324. The van der Waals surface area contributed by atoms with Crippen molar-refractivity contribution in [1.29, 1.82) is 0 Å². The number of aromatic carboxylic acids is 1. The van der Waals surface area contributed by atoms with Crippen molar-refractivity contribution in [3.8, 4) is 11.5 Å². The highest BCUT2D eigenvalue weighted by atomic mass is 35.5. The number of carbonyl (C=O) groups excluding carboxylic acids is 1. The third kappa shape index (κ3) is 7.60. The molecule has 3 aromatic carbocycles. The third-order valence-electron chi connectivity index (χ3n) is 9.53. The van der Waals surface area contributed by atoms with E-state index >= 15 is 0 Å². The summed E-state index contributed by atoms with van der Waals surface area (Å²) in [6.45, 7) is 2.59. The van der Waals surface area contributed by atoms with E-state index < -0.39 is 29.7 Å². The Morgan fingerprint density at radius 3 is 2.34 bits per heavy atom. The summed E-state index contributed by atoms with van der Waals surface area (Å²) >= 11 is 13.0. The molecule has 13 heteroatoms. The maximum Gasteiger partial charge on any atom is 0.335 e.